The maximum absolute atomic E-state index is 12.6. The van der Waals surface area contributed by atoms with E-state index in [-0.39, 0.29) is 12.5 Å². The summed E-state index contributed by atoms with van der Waals surface area (Å²) in [5.74, 6) is 0.376. The highest BCUT2D eigenvalue weighted by Gasteiger charge is 2.18. The molecule has 1 heterocycles. The van der Waals surface area contributed by atoms with Gasteiger partial charge in [-0.05, 0) is 42.9 Å². The first kappa shape index (κ1) is 24.2. The highest BCUT2D eigenvalue weighted by molar-refractivity contribution is 6.00. The van der Waals surface area contributed by atoms with Crippen molar-refractivity contribution in [3.05, 3.63) is 42.0 Å². The number of hydrogen-bond donors (Lipinski definition) is 2. The number of nitrogens with zero attached hydrogens (tertiary/aromatic N) is 2. The minimum absolute atomic E-state index is 0.170. The molecule has 3 rings (SSSR count). The predicted octanol–water partition coefficient (Wildman–Crippen LogP) is 2.22. The maximum Gasteiger partial charge on any atom is 0.251 e. The van der Waals surface area contributed by atoms with Gasteiger partial charge in [0.2, 0.25) is 11.7 Å². The lowest BCUT2D eigenvalue weighted by Gasteiger charge is -2.35. The van der Waals surface area contributed by atoms with Crippen molar-refractivity contribution >= 4 is 23.2 Å². The molecular formula is C24H32N4O5. The first-order valence-electron chi connectivity index (χ1n) is 10.9. The highest BCUT2D eigenvalue weighted by atomic mass is 16.5. The second-order valence-corrected chi connectivity index (χ2v) is 7.61. The number of ether oxygens (including phenoxy) is 3. The van der Waals surface area contributed by atoms with Crippen LogP contribution in [-0.4, -0.2) is 77.3 Å². The summed E-state index contributed by atoms with van der Waals surface area (Å²) < 4.78 is 15.8. The van der Waals surface area contributed by atoms with E-state index in [0.29, 0.717) is 28.5 Å². The summed E-state index contributed by atoms with van der Waals surface area (Å²) >= 11 is 0. The molecule has 2 aromatic rings. The normalized spacial score (nSPS) is 13.9. The molecular weight excluding hydrogens is 424 g/mol. The number of hydrogen-bond acceptors (Lipinski definition) is 7. The monoisotopic (exact) mass is 456 g/mol. The Kier molecular flexibility index (Phi) is 8.37. The zero-order chi connectivity index (χ0) is 23.8. The Morgan fingerprint density at radius 2 is 1.52 bits per heavy atom. The molecule has 2 aromatic carbocycles. The van der Waals surface area contributed by atoms with E-state index in [1.54, 1.807) is 0 Å². The van der Waals surface area contributed by atoms with Gasteiger partial charge in [0.1, 0.15) is 0 Å². The molecule has 0 unspecified atom stereocenters. The number of anilines is 2. The van der Waals surface area contributed by atoms with Gasteiger partial charge in [0.25, 0.3) is 5.91 Å². The Hall–Kier alpha value is -3.46. The molecule has 0 aromatic heterocycles. The Balaban J connectivity index is 1.53. The van der Waals surface area contributed by atoms with Gasteiger partial charge in [-0.1, -0.05) is 6.92 Å². The fourth-order valence-corrected chi connectivity index (χ4v) is 3.76. The van der Waals surface area contributed by atoms with E-state index in [9.17, 15) is 9.59 Å². The van der Waals surface area contributed by atoms with Crippen LogP contribution in [0.15, 0.2) is 36.4 Å². The van der Waals surface area contributed by atoms with Gasteiger partial charge in [-0.3, -0.25) is 9.59 Å². The van der Waals surface area contributed by atoms with Crippen LogP contribution in [0.3, 0.4) is 0 Å². The summed E-state index contributed by atoms with van der Waals surface area (Å²) in [4.78, 5) is 29.7. The van der Waals surface area contributed by atoms with Gasteiger partial charge < -0.3 is 34.6 Å². The average molecular weight is 457 g/mol. The minimum atomic E-state index is -0.425. The molecule has 0 saturated carbocycles. The van der Waals surface area contributed by atoms with Crippen molar-refractivity contribution in [3.8, 4) is 17.2 Å². The van der Waals surface area contributed by atoms with E-state index in [1.165, 1.54) is 33.5 Å². The van der Waals surface area contributed by atoms with Gasteiger partial charge in [-0.2, -0.15) is 0 Å². The summed E-state index contributed by atoms with van der Waals surface area (Å²) in [5.41, 5.74) is 2.11. The molecule has 0 atom stereocenters. The van der Waals surface area contributed by atoms with E-state index in [0.717, 1.165) is 38.4 Å². The van der Waals surface area contributed by atoms with Gasteiger partial charge in [-0.25, -0.2) is 0 Å². The third kappa shape index (κ3) is 6.07. The van der Waals surface area contributed by atoms with Crippen molar-refractivity contribution in [2.24, 2.45) is 0 Å². The van der Waals surface area contributed by atoms with Crippen LogP contribution in [0.2, 0.25) is 0 Å². The Morgan fingerprint density at radius 1 is 0.909 bits per heavy atom. The molecule has 0 bridgehead atoms. The Bertz CT molecular complexity index is 931. The third-order valence-electron chi connectivity index (χ3n) is 5.67. The molecule has 2 amide bonds. The second kappa shape index (κ2) is 11.4. The number of likely N-dealkylation sites (N-methyl/N-ethyl adjacent to an activating group) is 1. The summed E-state index contributed by atoms with van der Waals surface area (Å²) in [7, 11) is 4.44. The standard InChI is InChI=1S/C24H32N4O5/c1-5-27-10-12-28(13-11-27)19-8-6-18(7-9-19)26-22(29)16-25-24(30)17-14-20(31-2)23(33-4)21(15-17)32-3/h6-9,14-15H,5,10-13,16H2,1-4H3,(H,25,30)(H,26,29). The van der Waals surface area contributed by atoms with Crippen molar-refractivity contribution in [1.29, 1.82) is 0 Å². The minimum Gasteiger partial charge on any atom is -0.493 e. The van der Waals surface area contributed by atoms with E-state index < -0.39 is 5.91 Å². The summed E-state index contributed by atoms with van der Waals surface area (Å²) in [6, 6.07) is 10.8. The zero-order valence-electron chi connectivity index (χ0n) is 19.6. The summed E-state index contributed by atoms with van der Waals surface area (Å²) in [5, 5.41) is 5.42. The zero-order valence-corrected chi connectivity index (χ0v) is 19.6. The fraction of sp³-hybridized carbons (Fsp3) is 0.417. The molecule has 178 valence electrons. The number of carbonyl (C=O) groups is 2. The lowest BCUT2D eigenvalue weighted by atomic mass is 10.1. The van der Waals surface area contributed by atoms with Crippen LogP contribution in [-0.2, 0) is 4.79 Å². The Morgan fingerprint density at radius 3 is 2.03 bits per heavy atom. The molecule has 1 fully saturated rings. The van der Waals surface area contributed by atoms with Gasteiger partial charge in [0, 0.05) is 43.1 Å². The van der Waals surface area contributed by atoms with Gasteiger partial charge >= 0.3 is 0 Å². The van der Waals surface area contributed by atoms with Crippen molar-refractivity contribution in [3.63, 3.8) is 0 Å². The molecule has 9 nitrogen and oxygen atoms in total. The summed E-state index contributed by atoms with van der Waals surface area (Å²) in [6.07, 6.45) is 0. The molecule has 2 N–H and O–H groups in total. The van der Waals surface area contributed by atoms with Crippen LogP contribution in [0.5, 0.6) is 17.2 Å². The van der Waals surface area contributed by atoms with Crippen molar-refractivity contribution in [2.75, 3.05) is 70.8 Å². The first-order valence-corrected chi connectivity index (χ1v) is 10.9. The number of piperazine rings is 1. The largest absolute Gasteiger partial charge is 0.493 e. The lowest BCUT2D eigenvalue weighted by molar-refractivity contribution is -0.115. The molecule has 0 spiro atoms. The fourth-order valence-electron chi connectivity index (χ4n) is 3.76. The molecule has 0 aliphatic carbocycles. The number of rotatable bonds is 9. The molecule has 33 heavy (non-hydrogen) atoms. The maximum atomic E-state index is 12.6. The third-order valence-corrected chi connectivity index (χ3v) is 5.67. The van der Waals surface area contributed by atoms with E-state index in [2.05, 4.69) is 27.4 Å². The second-order valence-electron chi connectivity index (χ2n) is 7.61. The van der Waals surface area contributed by atoms with E-state index >= 15 is 0 Å². The van der Waals surface area contributed by atoms with Gasteiger partial charge in [0.15, 0.2) is 11.5 Å². The number of amides is 2. The molecule has 0 radical (unpaired) electrons. The van der Waals surface area contributed by atoms with Gasteiger partial charge in [-0.15, -0.1) is 0 Å². The molecule has 1 aliphatic heterocycles. The first-order chi connectivity index (χ1) is 16.0. The number of carbonyl (C=O) groups excluding carboxylic acids is 2. The molecule has 9 heteroatoms. The predicted molar refractivity (Wildman–Crippen MR) is 128 cm³/mol. The van der Waals surface area contributed by atoms with Crippen molar-refractivity contribution < 1.29 is 23.8 Å². The summed E-state index contributed by atoms with van der Waals surface area (Å²) in [6.45, 7) is 7.19. The van der Waals surface area contributed by atoms with E-state index in [4.69, 9.17) is 14.2 Å². The van der Waals surface area contributed by atoms with Crippen LogP contribution in [0.4, 0.5) is 11.4 Å². The SMILES string of the molecule is CCN1CCN(c2ccc(NC(=O)CNC(=O)c3cc(OC)c(OC)c(OC)c3)cc2)CC1. The highest BCUT2D eigenvalue weighted by Crippen LogP contribution is 2.38. The Labute approximate surface area is 194 Å². The number of nitrogens with one attached hydrogen (secondary N) is 2. The van der Waals surface area contributed by atoms with Crippen molar-refractivity contribution in [2.45, 2.75) is 6.92 Å². The lowest BCUT2D eigenvalue weighted by Crippen LogP contribution is -2.46. The number of methoxy groups -OCH3 is 3. The topological polar surface area (TPSA) is 92.4 Å². The van der Waals surface area contributed by atoms with Crippen LogP contribution in [0.25, 0.3) is 0 Å². The van der Waals surface area contributed by atoms with Gasteiger partial charge in [0.05, 0.1) is 27.9 Å². The van der Waals surface area contributed by atoms with Crippen LogP contribution < -0.4 is 29.7 Å². The van der Waals surface area contributed by atoms with Crippen LogP contribution >= 0.6 is 0 Å². The molecule has 1 aliphatic rings. The van der Waals surface area contributed by atoms with E-state index in [1.807, 2.05) is 24.3 Å². The number of benzene rings is 2. The van der Waals surface area contributed by atoms with Crippen molar-refractivity contribution in [1.82, 2.24) is 10.2 Å². The quantitative estimate of drug-likeness (QED) is 0.598. The smallest absolute Gasteiger partial charge is 0.251 e. The van der Waals surface area contributed by atoms with Crippen LogP contribution in [0, 0.1) is 0 Å². The molecule has 1 saturated heterocycles. The van der Waals surface area contributed by atoms with Crippen LogP contribution in [0.1, 0.15) is 17.3 Å². The average Bonchev–Trinajstić information content (AvgIpc) is 2.86.